The number of nitrogens with one attached hydrogen (secondary N) is 1. The van der Waals surface area contributed by atoms with Gasteiger partial charge in [0.2, 0.25) is 5.91 Å². The summed E-state index contributed by atoms with van der Waals surface area (Å²) in [7, 11) is 1.47. The fourth-order valence-corrected chi connectivity index (χ4v) is 1.84. The van der Waals surface area contributed by atoms with E-state index < -0.39 is 17.6 Å². The monoisotopic (exact) mass is 305 g/mol. The van der Waals surface area contributed by atoms with Crippen molar-refractivity contribution in [2.75, 3.05) is 18.9 Å². The van der Waals surface area contributed by atoms with E-state index >= 15 is 0 Å². The van der Waals surface area contributed by atoms with Gasteiger partial charge in [-0.15, -0.1) is 0 Å². The number of hydrogen-bond donors (Lipinski definition) is 1. The van der Waals surface area contributed by atoms with Crippen molar-refractivity contribution >= 4 is 17.6 Å². The fraction of sp³-hybridized carbons (Fsp3) is 0.267. The van der Waals surface area contributed by atoms with Crippen LogP contribution in [0, 0.1) is 19.7 Å². The number of amides is 2. The lowest BCUT2D eigenvalue weighted by atomic mass is 10.1. The van der Waals surface area contributed by atoms with Crippen molar-refractivity contribution in [3.05, 3.63) is 47.0 Å². The largest absolute Gasteiger partial charge is 0.360 e. The van der Waals surface area contributed by atoms with Crippen LogP contribution in [0.3, 0.4) is 0 Å². The molecule has 0 saturated carbocycles. The lowest BCUT2D eigenvalue weighted by Crippen LogP contribution is -2.35. The molecule has 0 bridgehead atoms. The molecule has 1 heterocycles. The second kappa shape index (κ2) is 6.38. The predicted octanol–water partition coefficient (Wildman–Crippen LogP) is 2.14. The fourth-order valence-electron chi connectivity index (χ4n) is 1.84. The molecule has 2 aromatic rings. The Morgan fingerprint density at radius 1 is 1.32 bits per heavy atom. The summed E-state index contributed by atoms with van der Waals surface area (Å²) >= 11 is 0. The van der Waals surface area contributed by atoms with Crippen molar-refractivity contribution in [1.82, 2.24) is 10.1 Å². The van der Waals surface area contributed by atoms with Crippen LogP contribution in [0.15, 0.2) is 28.8 Å². The maximum atomic E-state index is 13.5. The van der Waals surface area contributed by atoms with E-state index in [1.165, 1.54) is 24.1 Å². The van der Waals surface area contributed by atoms with E-state index in [9.17, 15) is 14.0 Å². The highest BCUT2D eigenvalue weighted by Gasteiger charge is 2.16. The van der Waals surface area contributed by atoms with Gasteiger partial charge in [-0.1, -0.05) is 11.2 Å². The number of aryl methyl sites for hydroxylation is 2. The molecular formula is C15H16FN3O3. The molecule has 0 saturated heterocycles. The zero-order valence-electron chi connectivity index (χ0n) is 12.5. The van der Waals surface area contributed by atoms with Crippen molar-refractivity contribution in [2.45, 2.75) is 13.8 Å². The molecular weight excluding hydrogens is 289 g/mol. The average molecular weight is 305 g/mol. The number of likely N-dealkylation sites (N-methyl/N-ethyl adjacent to an activating group) is 1. The van der Waals surface area contributed by atoms with Gasteiger partial charge in [0.1, 0.15) is 11.6 Å². The summed E-state index contributed by atoms with van der Waals surface area (Å²) < 4.78 is 18.3. The molecule has 0 aliphatic carbocycles. The zero-order valence-corrected chi connectivity index (χ0v) is 12.5. The van der Waals surface area contributed by atoms with Gasteiger partial charge in [0.15, 0.2) is 5.82 Å². The van der Waals surface area contributed by atoms with Crippen LogP contribution < -0.4 is 5.32 Å². The molecule has 0 radical (unpaired) electrons. The highest BCUT2D eigenvalue weighted by atomic mass is 19.1. The van der Waals surface area contributed by atoms with Crippen molar-refractivity contribution in [1.29, 1.82) is 0 Å². The zero-order chi connectivity index (χ0) is 16.3. The lowest BCUT2D eigenvalue weighted by molar-refractivity contribution is -0.116. The highest BCUT2D eigenvalue weighted by molar-refractivity contribution is 5.98. The van der Waals surface area contributed by atoms with E-state index in [-0.39, 0.29) is 17.9 Å². The Labute approximate surface area is 126 Å². The Balaban J connectivity index is 1.98. The van der Waals surface area contributed by atoms with Crippen molar-refractivity contribution < 1.29 is 18.5 Å². The first-order valence-corrected chi connectivity index (χ1v) is 6.61. The molecule has 2 rings (SSSR count). The molecule has 0 aliphatic rings. The van der Waals surface area contributed by atoms with E-state index in [0.717, 1.165) is 6.07 Å². The standard InChI is InChI=1S/C15H16FN3O3/c1-9-4-5-11(7-12(9)16)15(21)19(3)8-14(20)17-13-6-10(2)22-18-13/h4-7H,8H2,1-3H3,(H,17,18,20). The van der Waals surface area contributed by atoms with Gasteiger partial charge in [0.25, 0.3) is 5.91 Å². The van der Waals surface area contributed by atoms with E-state index in [2.05, 4.69) is 10.5 Å². The second-order valence-corrected chi connectivity index (χ2v) is 5.00. The van der Waals surface area contributed by atoms with E-state index in [4.69, 9.17) is 4.52 Å². The normalized spacial score (nSPS) is 10.4. The summed E-state index contributed by atoms with van der Waals surface area (Å²) in [5.41, 5.74) is 0.647. The van der Waals surface area contributed by atoms with E-state index in [0.29, 0.717) is 11.3 Å². The number of halogens is 1. The maximum Gasteiger partial charge on any atom is 0.254 e. The van der Waals surface area contributed by atoms with E-state index in [1.54, 1.807) is 19.9 Å². The number of benzene rings is 1. The maximum absolute atomic E-state index is 13.5. The van der Waals surface area contributed by atoms with Crippen molar-refractivity contribution in [3.63, 3.8) is 0 Å². The highest BCUT2D eigenvalue weighted by Crippen LogP contribution is 2.11. The molecule has 0 unspecified atom stereocenters. The molecule has 1 aromatic heterocycles. The number of aromatic nitrogens is 1. The Kier molecular flexibility index (Phi) is 4.55. The van der Waals surface area contributed by atoms with Crippen LogP contribution >= 0.6 is 0 Å². The number of rotatable bonds is 4. The molecule has 1 N–H and O–H groups in total. The number of nitrogens with zero attached hydrogens (tertiary/aromatic N) is 2. The molecule has 22 heavy (non-hydrogen) atoms. The van der Waals surface area contributed by atoms with Gasteiger partial charge in [-0.3, -0.25) is 9.59 Å². The molecule has 7 heteroatoms. The average Bonchev–Trinajstić information content (AvgIpc) is 2.86. The third-order valence-corrected chi connectivity index (χ3v) is 3.04. The summed E-state index contributed by atoms with van der Waals surface area (Å²) in [5, 5.41) is 6.14. The third kappa shape index (κ3) is 3.69. The van der Waals surface area contributed by atoms with Gasteiger partial charge in [-0.2, -0.15) is 0 Å². The predicted molar refractivity (Wildman–Crippen MR) is 78.0 cm³/mol. The summed E-state index contributed by atoms with van der Waals surface area (Å²) in [6.07, 6.45) is 0. The molecule has 6 nitrogen and oxygen atoms in total. The quantitative estimate of drug-likeness (QED) is 0.939. The molecule has 0 aliphatic heterocycles. The minimum absolute atomic E-state index is 0.180. The Morgan fingerprint density at radius 2 is 2.05 bits per heavy atom. The minimum Gasteiger partial charge on any atom is -0.360 e. The summed E-state index contributed by atoms with van der Waals surface area (Å²) in [4.78, 5) is 25.2. The van der Waals surface area contributed by atoms with Crippen LogP contribution in [0.5, 0.6) is 0 Å². The molecule has 116 valence electrons. The molecule has 2 amide bonds. The van der Waals surface area contributed by atoms with Crippen LogP contribution in [0.4, 0.5) is 10.2 Å². The van der Waals surface area contributed by atoms with Gasteiger partial charge in [0.05, 0.1) is 6.54 Å². The second-order valence-electron chi connectivity index (χ2n) is 5.00. The Bertz CT molecular complexity index is 712. The Hall–Kier alpha value is -2.70. The molecule has 0 spiro atoms. The molecule has 1 aromatic carbocycles. The van der Waals surface area contributed by atoms with Gasteiger partial charge < -0.3 is 14.7 Å². The van der Waals surface area contributed by atoms with Gasteiger partial charge in [-0.25, -0.2) is 4.39 Å². The number of carbonyl (C=O) groups is 2. The number of hydrogen-bond acceptors (Lipinski definition) is 4. The molecule has 0 fully saturated rings. The van der Waals surface area contributed by atoms with E-state index in [1.807, 2.05) is 0 Å². The number of carbonyl (C=O) groups excluding carboxylic acids is 2. The third-order valence-electron chi connectivity index (χ3n) is 3.04. The topological polar surface area (TPSA) is 75.4 Å². The van der Waals surface area contributed by atoms with Crippen LogP contribution in [0.2, 0.25) is 0 Å². The van der Waals surface area contributed by atoms with Gasteiger partial charge in [-0.05, 0) is 31.5 Å². The van der Waals surface area contributed by atoms with Crippen molar-refractivity contribution in [3.8, 4) is 0 Å². The van der Waals surface area contributed by atoms with Crippen LogP contribution in [0.25, 0.3) is 0 Å². The first kappa shape index (κ1) is 15.7. The van der Waals surface area contributed by atoms with Crippen molar-refractivity contribution in [2.24, 2.45) is 0 Å². The van der Waals surface area contributed by atoms with Crippen LogP contribution in [0.1, 0.15) is 21.7 Å². The summed E-state index contributed by atoms with van der Waals surface area (Å²) in [6, 6.07) is 5.77. The smallest absolute Gasteiger partial charge is 0.254 e. The minimum atomic E-state index is -0.457. The van der Waals surface area contributed by atoms with Gasteiger partial charge >= 0.3 is 0 Å². The Morgan fingerprint density at radius 3 is 2.64 bits per heavy atom. The SMILES string of the molecule is Cc1cc(NC(=O)CN(C)C(=O)c2ccc(C)c(F)c2)no1. The first-order valence-electron chi connectivity index (χ1n) is 6.61. The number of anilines is 1. The van der Waals surface area contributed by atoms with Crippen LogP contribution in [-0.4, -0.2) is 35.5 Å². The summed E-state index contributed by atoms with van der Waals surface area (Å²) in [6.45, 7) is 3.13. The molecule has 0 atom stereocenters. The lowest BCUT2D eigenvalue weighted by Gasteiger charge is -2.16. The first-order chi connectivity index (χ1) is 10.4. The van der Waals surface area contributed by atoms with Gasteiger partial charge in [0, 0.05) is 18.7 Å². The summed E-state index contributed by atoms with van der Waals surface area (Å²) in [5.74, 6) is -0.469. The van der Waals surface area contributed by atoms with Crippen LogP contribution in [-0.2, 0) is 4.79 Å².